The summed E-state index contributed by atoms with van der Waals surface area (Å²) in [5.74, 6) is 0.724. The van der Waals surface area contributed by atoms with Gasteiger partial charge in [0.1, 0.15) is 5.82 Å². The molecule has 2 N–H and O–H groups in total. The van der Waals surface area contributed by atoms with Crippen molar-refractivity contribution in [2.45, 2.75) is 26.6 Å². The molecule has 3 aromatic rings. The van der Waals surface area contributed by atoms with Crippen LogP contribution in [0, 0.1) is 0 Å². The van der Waals surface area contributed by atoms with E-state index < -0.39 is 0 Å². The molecular formula is C23H26N6O2. The molecule has 0 radical (unpaired) electrons. The molecular weight excluding hydrogens is 392 g/mol. The van der Waals surface area contributed by atoms with Crippen LogP contribution in [0.2, 0.25) is 0 Å². The van der Waals surface area contributed by atoms with Crippen LogP contribution in [0.3, 0.4) is 0 Å². The Kier molecular flexibility index (Phi) is 6.37. The van der Waals surface area contributed by atoms with Crippen molar-refractivity contribution in [3.8, 4) is 11.1 Å². The Hall–Kier alpha value is -3.52. The molecule has 2 aromatic carbocycles. The van der Waals surface area contributed by atoms with E-state index in [2.05, 4.69) is 62.1 Å². The van der Waals surface area contributed by atoms with Gasteiger partial charge in [-0.25, -0.2) is 0 Å². The zero-order chi connectivity index (χ0) is 21.6. The average molecular weight is 419 g/mol. The second-order valence-electron chi connectivity index (χ2n) is 7.60. The third-order valence-electron chi connectivity index (χ3n) is 5.29. The quantitative estimate of drug-likeness (QED) is 0.571. The van der Waals surface area contributed by atoms with E-state index in [9.17, 15) is 9.59 Å². The van der Waals surface area contributed by atoms with E-state index in [0.717, 1.165) is 18.9 Å². The van der Waals surface area contributed by atoms with Crippen LogP contribution in [-0.2, 0) is 24.4 Å². The van der Waals surface area contributed by atoms with E-state index in [1.165, 1.54) is 23.6 Å². The lowest BCUT2D eigenvalue weighted by Crippen LogP contribution is -2.37. The van der Waals surface area contributed by atoms with E-state index in [4.69, 9.17) is 0 Å². The maximum absolute atomic E-state index is 12.4. The number of carbonyl (C=O) groups is 2. The zero-order valence-corrected chi connectivity index (χ0v) is 17.5. The first-order valence-corrected chi connectivity index (χ1v) is 10.4. The van der Waals surface area contributed by atoms with Crippen LogP contribution in [0.1, 0.15) is 28.9 Å². The van der Waals surface area contributed by atoms with Crippen LogP contribution in [0.5, 0.6) is 0 Å². The minimum absolute atomic E-state index is 0.121. The van der Waals surface area contributed by atoms with Crippen molar-refractivity contribution in [3.63, 3.8) is 0 Å². The molecule has 0 saturated carbocycles. The van der Waals surface area contributed by atoms with Gasteiger partial charge in [-0.2, -0.15) is 0 Å². The summed E-state index contributed by atoms with van der Waals surface area (Å²) >= 11 is 0. The van der Waals surface area contributed by atoms with Gasteiger partial charge in [0.15, 0.2) is 0 Å². The Balaban J connectivity index is 1.33. The largest absolute Gasteiger partial charge is 0.355 e. The summed E-state index contributed by atoms with van der Waals surface area (Å²) in [6.07, 6.45) is 0. The summed E-state index contributed by atoms with van der Waals surface area (Å²) < 4.78 is 1.88. The third kappa shape index (κ3) is 5.16. The number of carbonyl (C=O) groups excluding carboxylic acids is 2. The molecule has 0 atom stereocenters. The molecule has 1 aliphatic heterocycles. The van der Waals surface area contributed by atoms with Crippen molar-refractivity contribution in [2.75, 3.05) is 19.6 Å². The number of nitrogens with one attached hydrogen (secondary N) is 2. The molecule has 1 aliphatic rings. The summed E-state index contributed by atoms with van der Waals surface area (Å²) in [7, 11) is 0. The average Bonchev–Trinajstić information content (AvgIpc) is 3.21. The molecule has 0 saturated heterocycles. The maximum Gasteiger partial charge on any atom is 0.289 e. The van der Waals surface area contributed by atoms with Crippen LogP contribution in [-0.4, -0.2) is 51.1 Å². The first-order chi connectivity index (χ1) is 15.1. The van der Waals surface area contributed by atoms with Gasteiger partial charge in [0.25, 0.3) is 5.91 Å². The van der Waals surface area contributed by atoms with Crippen molar-refractivity contribution < 1.29 is 9.59 Å². The normalized spacial score (nSPS) is 13.5. The first-order valence-electron chi connectivity index (χ1n) is 10.4. The number of fused-ring (bicyclic) bond motifs is 1. The van der Waals surface area contributed by atoms with Gasteiger partial charge in [0.2, 0.25) is 11.7 Å². The number of benzene rings is 2. The molecule has 0 fully saturated rings. The zero-order valence-electron chi connectivity index (χ0n) is 17.5. The number of hydrogen-bond donors (Lipinski definition) is 2. The molecule has 2 heterocycles. The van der Waals surface area contributed by atoms with Crippen molar-refractivity contribution in [1.29, 1.82) is 0 Å². The molecule has 0 bridgehead atoms. The van der Waals surface area contributed by atoms with Gasteiger partial charge in [-0.3, -0.25) is 14.5 Å². The number of nitrogens with zero attached hydrogens (tertiary/aromatic N) is 4. The summed E-state index contributed by atoms with van der Waals surface area (Å²) in [6, 6.07) is 19.0. The number of rotatable bonds is 7. The Morgan fingerprint density at radius 2 is 1.61 bits per heavy atom. The Bertz CT molecular complexity index is 1050. The van der Waals surface area contributed by atoms with E-state index in [1.54, 1.807) is 0 Å². The monoisotopic (exact) mass is 418 g/mol. The molecule has 31 heavy (non-hydrogen) atoms. The fourth-order valence-corrected chi connectivity index (χ4v) is 3.70. The molecule has 4 rings (SSSR count). The van der Waals surface area contributed by atoms with Crippen LogP contribution in [0.4, 0.5) is 0 Å². The van der Waals surface area contributed by atoms with Crippen LogP contribution in [0.25, 0.3) is 11.1 Å². The molecule has 0 aliphatic carbocycles. The predicted octanol–water partition coefficient (Wildman–Crippen LogP) is 1.83. The minimum Gasteiger partial charge on any atom is -0.355 e. The standard InChI is InChI=1S/C23H26N6O2/c1-17(30)24-11-12-25-23(31)22-27-26-21-16-28(13-14-29(21)22)15-18-7-9-20(10-8-18)19-5-3-2-4-6-19/h2-10H,11-16H2,1H3,(H,24,30)(H,25,31). The predicted molar refractivity (Wildman–Crippen MR) is 117 cm³/mol. The van der Waals surface area contributed by atoms with E-state index in [0.29, 0.717) is 32.0 Å². The summed E-state index contributed by atoms with van der Waals surface area (Å²) in [4.78, 5) is 25.6. The maximum atomic E-state index is 12.4. The topological polar surface area (TPSA) is 92.1 Å². The van der Waals surface area contributed by atoms with Crippen molar-refractivity contribution in [2.24, 2.45) is 0 Å². The second-order valence-corrected chi connectivity index (χ2v) is 7.60. The molecule has 0 unspecified atom stereocenters. The van der Waals surface area contributed by atoms with E-state index in [1.807, 2.05) is 22.8 Å². The first kappa shape index (κ1) is 20.7. The number of amides is 2. The Morgan fingerprint density at radius 1 is 0.903 bits per heavy atom. The van der Waals surface area contributed by atoms with Gasteiger partial charge in [-0.05, 0) is 16.7 Å². The highest BCUT2D eigenvalue weighted by atomic mass is 16.2. The molecule has 2 amide bonds. The van der Waals surface area contributed by atoms with Gasteiger partial charge in [-0.1, -0.05) is 54.6 Å². The van der Waals surface area contributed by atoms with Crippen molar-refractivity contribution >= 4 is 11.8 Å². The van der Waals surface area contributed by atoms with Crippen molar-refractivity contribution in [1.82, 2.24) is 30.3 Å². The summed E-state index contributed by atoms with van der Waals surface area (Å²) in [5, 5.41) is 13.7. The highest BCUT2D eigenvalue weighted by Crippen LogP contribution is 2.21. The Labute approximate surface area is 181 Å². The summed E-state index contributed by atoms with van der Waals surface area (Å²) in [5.41, 5.74) is 3.66. The van der Waals surface area contributed by atoms with Gasteiger partial charge >= 0.3 is 0 Å². The Morgan fingerprint density at radius 3 is 2.35 bits per heavy atom. The summed E-state index contributed by atoms with van der Waals surface area (Å²) in [6.45, 7) is 5.13. The van der Waals surface area contributed by atoms with Crippen LogP contribution in [0.15, 0.2) is 54.6 Å². The van der Waals surface area contributed by atoms with E-state index >= 15 is 0 Å². The molecule has 160 valence electrons. The third-order valence-corrected chi connectivity index (χ3v) is 5.29. The van der Waals surface area contributed by atoms with Crippen LogP contribution >= 0.6 is 0 Å². The smallest absolute Gasteiger partial charge is 0.289 e. The minimum atomic E-state index is -0.269. The van der Waals surface area contributed by atoms with Gasteiger partial charge in [0.05, 0.1) is 6.54 Å². The highest BCUT2D eigenvalue weighted by molar-refractivity contribution is 5.90. The lowest BCUT2D eigenvalue weighted by Gasteiger charge is -2.27. The van der Waals surface area contributed by atoms with Gasteiger partial charge in [-0.15, -0.1) is 10.2 Å². The lowest BCUT2D eigenvalue weighted by atomic mass is 10.0. The fraction of sp³-hybridized carbons (Fsp3) is 0.304. The highest BCUT2D eigenvalue weighted by Gasteiger charge is 2.24. The molecule has 8 nitrogen and oxygen atoms in total. The van der Waals surface area contributed by atoms with Gasteiger partial charge in [0, 0.05) is 39.6 Å². The number of aromatic nitrogens is 3. The molecule has 0 spiro atoms. The van der Waals surface area contributed by atoms with Gasteiger partial charge < -0.3 is 15.2 Å². The number of hydrogen-bond acceptors (Lipinski definition) is 5. The fourth-order valence-electron chi connectivity index (χ4n) is 3.70. The van der Waals surface area contributed by atoms with E-state index in [-0.39, 0.29) is 11.8 Å². The van der Waals surface area contributed by atoms with Crippen LogP contribution < -0.4 is 10.6 Å². The molecule has 1 aromatic heterocycles. The SMILES string of the molecule is CC(=O)NCCNC(=O)c1nnc2n1CCN(Cc1ccc(-c3ccccc3)cc1)C2. The second kappa shape index (κ2) is 9.53. The lowest BCUT2D eigenvalue weighted by molar-refractivity contribution is -0.118. The molecule has 8 heteroatoms. The van der Waals surface area contributed by atoms with Crippen molar-refractivity contribution in [3.05, 3.63) is 71.8 Å².